The van der Waals surface area contributed by atoms with Crippen LogP contribution in [-0.2, 0) is 0 Å². The molecule has 8 heteroatoms. The van der Waals surface area contributed by atoms with Gasteiger partial charge in [-0.15, -0.1) is 0 Å². The van der Waals surface area contributed by atoms with Gasteiger partial charge >= 0.3 is 0 Å². The van der Waals surface area contributed by atoms with Crippen molar-refractivity contribution in [3.8, 4) is 0 Å². The first-order chi connectivity index (χ1) is 10.4. The van der Waals surface area contributed by atoms with Crippen LogP contribution in [0.3, 0.4) is 0 Å². The molecule has 2 N–H and O–H groups in total. The third-order valence-corrected chi connectivity index (χ3v) is 4.36. The number of non-ortho nitro benzene ring substituents is 1. The smallest absolute Gasteiger partial charge is 0.271 e. The van der Waals surface area contributed by atoms with Gasteiger partial charge in [0.1, 0.15) is 0 Å². The number of nitro groups is 1. The van der Waals surface area contributed by atoms with Gasteiger partial charge in [0.15, 0.2) is 5.11 Å². The second kappa shape index (κ2) is 7.21. The van der Waals surface area contributed by atoms with Crippen molar-refractivity contribution in [3.05, 3.63) is 33.3 Å². The van der Waals surface area contributed by atoms with Crippen molar-refractivity contribution in [2.24, 2.45) is 0 Å². The molecule has 0 aromatic heterocycles. The number of nitro benzene ring substituents is 1. The molecule has 0 radical (unpaired) electrons. The maximum atomic E-state index is 10.8. The van der Waals surface area contributed by atoms with Crippen LogP contribution in [0, 0.1) is 10.1 Å². The van der Waals surface area contributed by atoms with Gasteiger partial charge in [-0.25, -0.2) is 5.01 Å². The van der Waals surface area contributed by atoms with E-state index in [1.54, 1.807) is 0 Å². The number of benzene rings is 1. The van der Waals surface area contributed by atoms with Gasteiger partial charge in [-0.05, 0) is 45.0 Å². The van der Waals surface area contributed by atoms with E-state index in [2.05, 4.69) is 29.6 Å². The fourth-order valence-electron chi connectivity index (χ4n) is 2.63. The Labute approximate surface area is 139 Å². The van der Waals surface area contributed by atoms with Gasteiger partial charge in [0, 0.05) is 24.2 Å². The SMILES string of the molecule is CC1CCCC(C)N1NC(=S)Nc1cc([N+](=O)[O-])ccc1Cl. The van der Waals surface area contributed by atoms with Crippen LogP contribution in [0.2, 0.25) is 5.02 Å². The van der Waals surface area contributed by atoms with Gasteiger partial charge in [0.05, 0.1) is 15.6 Å². The van der Waals surface area contributed by atoms with E-state index in [4.69, 9.17) is 23.8 Å². The third-order valence-electron chi connectivity index (χ3n) is 3.83. The quantitative estimate of drug-likeness (QED) is 0.495. The van der Waals surface area contributed by atoms with E-state index >= 15 is 0 Å². The number of halogens is 1. The molecule has 22 heavy (non-hydrogen) atoms. The number of rotatable bonds is 3. The van der Waals surface area contributed by atoms with Crippen LogP contribution in [-0.4, -0.2) is 27.1 Å². The lowest BCUT2D eigenvalue weighted by Crippen LogP contribution is -2.55. The number of anilines is 1. The zero-order chi connectivity index (χ0) is 16.3. The van der Waals surface area contributed by atoms with Gasteiger partial charge in [-0.1, -0.05) is 18.0 Å². The number of hydrogen-bond acceptors (Lipinski definition) is 4. The Hall–Kier alpha value is -1.44. The highest BCUT2D eigenvalue weighted by atomic mass is 35.5. The fraction of sp³-hybridized carbons (Fsp3) is 0.500. The van der Waals surface area contributed by atoms with Crippen molar-refractivity contribution < 1.29 is 4.92 Å². The number of thiocarbonyl (C=S) groups is 1. The average Bonchev–Trinajstić information content (AvgIpc) is 2.45. The zero-order valence-electron chi connectivity index (χ0n) is 12.5. The molecule has 1 saturated heterocycles. The highest BCUT2D eigenvalue weighted by Gasteiger charge is 2.25. The summed E-state index contributed by atoms with van der Waals surface area (Å²) < 4.78 is 0. The largest absolute Gasteiger partial charge is 0.330 e. The second-order valence-corrected chi connectivity index (χ2v) is 6.34. The first kappa shape index (κ1) is 16.9. The van der Waals surface area contributed by atoms with Crippen molar-refractivity contribution in [1.82, 2.24) is 10.4 Å². The maximum Gasteiger partial charge on any atom is 0.271 e. The van der Waals surface area contributed by atoms with Gasteiger partial charge in [0.2, 0.25) is 0 Å². The summed E-state index contributed by atoms with van der Waals surface area (Å²) in [5.74, 6) is 0. The van der Waals surface area contributed by atoms with Crippen LogP contribution in [0.15, 0.2) is 18.2 Å². The highest BCUT2D eigenvalue weighted by molar-refractivity contribution is 7.80. The summed E-state index contributed by atoms with van der Waals surface area (Å²) in [5.41, 5.74) is 3.56. The van der Waals surface area contributed by atoms with Crippen LogP contribution in [0.1, 0.15) is 33.1 Å². The van der Waals surface area contributed by atoms with Crippen molar-refractivity contribution in [2.45, 2.75) is 45.2 Å². The lowest BCUT2D eigenvalue weighted by atomic mass is 10.00. The molecule has 120 valence electrons. The summed E-state index contributed by atoms with van der Waals surface area (Å²) in [4.78, 5) is 10.4. The van der Waals surface area contributed by atoms with Crippen LogP contribution in [0.4, 0.5) is 11.4 Å². The topological polar surface area (TPSA) is 70.4 Å². The standard InChI is InChI=1S/C14H19ClN4O2S/c1-9-4-3-5-10(2)18(9)17-14(22)16-13-8-11(19(20)21)6-7-12(13)15/h6-10H,3-5H2,1-2H3,(H2,16,17,22). The minimum absolute atomic E-state index is 0.0330. The average molecular weight is 343 g/mol. The van der Waals surface area contributed by atoms with E-state index in [0.29, 0.717) is 27.9 Å². The van der Waals surface area contributed by atoms with E-state index in [-0.39, 0.29) is 5.69 Å². The molecule has 0 amide bonds. The molecule has 6 nitrogen and oxygen atoms in total. The molecule has 1 aromatic rings. The zero-order valence-corrected chi connectivity index (χ0v) is 14.1. The normalized spacial score (nSPS) is 22.1. The monoisotopic (exact) mass is 342 g/mol. The van der Waals surface area contributed by atoms with E-state index in [1.165, 1.54) is 24.6 Å². The Kier molecular flexibility index (Phi) is 5.55. The van der Waals surface area contributed by atoms with E-state index < -0.39 is 4.92 Å². The molecule has 1 aliphatic heterocycles. The molecule has 2 atom stereocenters. The molecule has 1 aliphatic rings. The minimum atomic E-state index is -0.466. The number of piperidine rings is 1. The minimum Gasteiger partial charge on any atom is -0.330 e. The molecule has 2 unspecified atom stereocenters. The van der Waals surface area contributed by atoms with Gasteiger partial charge < -0.3 is 5.32 Å². The number of hydrogen-bond donors (Lipinski definition) is 2. The molecule has 1 fully saturated rings. The van der Waals surface area contributed by atoms with Gasteiger partial charge in [-0.3, -0.25) is 15.5 Å². The molecular formula is C14H19ClN4O2S. The Morgan fingerprint density at radius 1 is 1.41 bits per heavy atom. The van der Waals surface area contributed by atoms with Crippen LogP contribution in [0.25, 0.3) is 0 Å². The Bertz CT molecular complexity index is 574. The third kappa shape index (κ3) is 4.06. The molecule has 0 aliphatic carbocycles. The molecule has 0 spiro atoms. The van der Waals surface area contributed by atoms with Crippen molar-refractivity contribution >= 4 is 40.3 Å². The molecular weight excluding hydrogens is 324 g/mol. The van der Waals surface area contributed by atoms with Crippen molar-refractivity contribution in [2.75, 3.05) is 5.32 Å². The second-order valence-electron chi connectivity index (χ2n) is 5.52. The van der Waals surface area contributed by atoms with Crippen molar-refractivity contribution in [3.63, 3.8) is 0 Å². The first-order valence-corrected chi connectivity index (χ1v) is 7.97. The van der Waals surface area contributed by atoms with Gasteiger partial charge in [-0.2, -0.15) is 0 Å². The number of hydrazine groups is 1. The number of nitrogens with zero attached hydrogens (tertiary/aromatic N) is 2. The Balaban J connectivity index is 2.05. The van der Waals surface area contributed by atoms with Crippen LogP contribution in [0.5, 0.6) is 0 Å². The van der Waals surface area contributed by atoms with Crippen molar-refractivity contribution in [1.29, 1.82) is 0 Å². The Morgan fingerprint density at radius 2 is 2.05 bits per heavy atom. The summed E-state index contributed by atoms with van der Waals surface area (Å²) in [6, 6.07) is 4.97. The molecule has 1 aromatic carbocycles. The van der Waals surface area contributed by atoms with Gasteiger partial charge in [0.25, 0.3) is 5.69 Å². The predicted octanol–water partition coefficient (Wildman–Crippen LogP) is 3.71. The molecule has 1 heterocycles. The van der Waals surface area contributed by atoms with E-state index in [1.807, 2.05) is 0 Å². The van der Waals surface area contributed by atoms with Crippen LogP contribution >= 0.6 is 23.8 Å². The van der Waals surface area contributed by atoms with E-state index in [0.717, 1.165) is 12.8 Å². The molecule has 0 saturated carbocycles. The summed E-state index contributed by atoms with van der Waals surface area (Å²) in [6.45, 7) is 4.29. The fourth-order valence-corrected chi connectivity index (χ4v) is 3.01. The molecule has 2 rings (SSSR count). The summed E-state index contributed by atoms with van der Waals surface area (Å²) in [7, 11) is 0. The highest BCUT2D eigenvalue weighted by Crippen LogP contribution is 2.27. The lowest BCUT2D eigenvalue weighted by molar-refractivity contribution is -0.384. The summed E-state index contributed by atoms with van der Waals surface area (Å²) in [6.07, 6.45) is 3.42. The Morgan fingerprint density at radius 3 is 2.64 bits per heavy atom. The lowest BCUT2D eigenvalue weighted by Gasteiger charge is -2.39. The van der Waals surface area contributed by atoms with E-state index in [9.17, 15) is 10.1 Å². The first-order valence-electron chi connectivity index (χ1n) is 7.18. The van der Waals surface area contributed by atoms with Crippen LogP contribution < -0.4 is 10.7 Å². The number of nitrogens with one attached hydrogen (secondary N) is 2. The maximum absolute atomic E-state index is 10.8. The summed E-state index contributed by atoms with van der Waals surface area (Å²) in [5, 5.41) is 16.6. The predicted molar refractivity (Wildman–Crippen MR) is 92.1 cm³/mol. The summed E-state index contributed by atoms with van der Waals surface area (Å²) >= 11 is 11.4. The molecule has 0 bridgehead atoms.